The first-order valence-corrected chi connectivity index (χ1v) is 7.12. The fourth-order valence-electron chi connectivity index (χ4n) is 1.69. The van der Waals surface area contributed by atoms with Crippen LogP contribution in [0.1, 0.15) is 5.56 Å². The largest absolute Gasteiger partial charge is 0.326 e. The van der Waals surface area contributed by atoms with Crippen molar-refractivity contribution in [2.45, 2.75) is 11.4 Å². The van der Waals surface area contributed by atoms with E-state index >= 15 is 0 Å². The second-order valence-electron chi connectivity index (χ2n) is 3.93. The minimum absolute atomic E-state index is 0.113. The zero-order valence-electron chi connectivity index (χ0n) is 9.73. The Bertz CT molecular complexity index is 711. The van der Waals surface area contributed by atoms with E-state index < -0.39 is 9.84 Å². The summed E-state index contributed by atoms with van der Waals surface area (Å²) in [6.07, 6.45) is 1.14. The summed E-state index contributed by atoms with van der Waals surface area (Å²) in [5.74, 6) is 0. The Morgan fingerprint density at radius 2 is 1.78 bits per heavy atom. The Morgan fingerprint density at radius 1 is 1.17 bits per heavy atom. The molecule has 0 aliphatic carbocycles. The second kappa shape index (κ2) is 4.43. The molecule has 0 radical (unpaired) electrons. The quantitative estimate of drug-likeness (QED) is 0.739. The zero-order valence-corrected chi connectivity index (χ0v) is 10.5. The van der Waals surface area contributed by atoms with Crippen LogP contribution in [-0.2, 0) is 16.4 Å². The molecule has 1 aromatic carbocycles. The van der Waals surface area contributed by atoms with E-state index in [-0.39, 0.29) is 17.0 Å². The molecule has 0 saturated carbocycles. The van der Waals surface area contributed by atoms with Gasteiger partial charge in [0, 0.05) is 18.4 Å². The molecule has 0 fully saturated rings. The molecule has 0 spiro atoms. The summed E-state index contributed by atoms with van der Waals surface area (Å²) in [7, 11) is -3.22. The lowest BCUT2D eigenvalue weighted by Crippen LogP contribution is -2.10. The van der Waals surface area contributed by atoms with Gasteiger partial charge in [-0.25, -0.2) is 8.42 Å². The van der Waals surface area contributed by atoms with E-state index in [9.17, 15) is 13.2 Å². The molecule has 0 atom stereocenters. The molecular formula is C11H13N3O3S. The predicted octanol–water partition coefficient (Wildman–Crippen LogP) is 0.232. The number of hydrogen-bond acceptors (Lipinski definition) is 4. The first-order chi connectivity index (χ1) is 8.43. The van der Waals surface area contributed by atoms with Crippen LogP contribution in [0.2, 0.25) is 0 Å². The first-order valence-electron chi connectivity index (χ1n) is 5.23. The Labute approximate surface area is 104 Å². The highest BCUT2D eigenvalue weighted by Crippen LogP contribution is 2.20. The minimum Gasteiger partial charge on any atom is -0.326 e. The highest BCUT2D eigenvalue weighted by Gasteiger charge is 2.11. The Kier molecular flexibility index (Phi) is 3.10. The third kappa shape index (κ3) is 2.22. The number of aromatic nitrogens is 2. The van der Waals surface area contributed by atoms with Crippen molar-refractivity contribution >= 4 is 9.84 Å². The van der Waals surface area contributed by atoms with Gasteiger partial charge >= 0.3 is 0 Å². The van der Waals surface area contributed by atoms with Crippen LogP contribution in [0.4, 0.5) is 0 Å². The Morgan fingerprint density at radius 3 is 2.28 bits per heavy atom. The van der Waals surface area contributed by atoms with Crippen molar-refractivity contribution in [3.63, 3.8) is 0 Å². The maximum absolute atomic E-state index is 11.4. The predicted molar refractivity (Wildman–Crippen MR) is 67.9 cm³/mol. The van der Waals surface area contributed by atoms with Gasteiger partial charge in [0.05, 0.1) is 16.2 Å². The van der Waals surface area contributed by atoms with Crippen LogP contribution in [0.25, 0.3) is 11.3 Å². The summed E-state index contributed by atoms with van der Waals surface area (Å²) < 4.78 is 22.6. The van der Waals surface area contributed by atoms with Crippen molar-refractivity contribution in [3.8, 4) is 11.3 Å². The lowest BCUT2D eigenvalue weighted by Gasteiger charge is -2.02. The number of aromatic amines is 2. The van der Waals surface area contributed by atoms with Crippen molar-refractivity contribution < 1.29 is 8.42 Å². The molecule has 2 rings (SSSR count). The fourth-order valence-corrected chi connectivity index (χ4v) is 2.32. The SMILES string of the molecule is CS(=O)(=O)c1ccc(-c2[nH][nH]c(=O)c2CN)cc1. The average molecular weight is 267 g/mol. The van der Waals surface area contributed by atoms with Crippen LogP contribution >= 0.6 is 0 Å². The monoisotopic (exact) mass is 267 g/mol. The van der Waals surface area contributed by atoms with Crippen LogP contribution in [-0.4, -0.2) is 24.9 Å². The normalized spacial score (nSPS) is 11.7. The molecule has 2 aromatic rings. The van der Waals surface area contributed by atoms with Gasteiger partial charge in [-0.1, -0.05) is 12.1 Å². The zero-order chi connectivity index (χ0) is 13.3. The van der Waals surface area contributed by atoms with Crippen molar-refractivity contribution in [1.82, 2.24) is 10.2 Å². The molecule has 0 aliphatic heterocycles. The third-order valence-corrected chi connectivity index (χ3v) is 3.78. The van der Waals surface area contributed by atoms with Gasteiger partial charge in [-0.15, -0.1) is 0 Å². The van der Waals surface area contributed by atoms with E-state index in [1.54, 1.807) is 12.1 Å². The fraction of sp³-hybridized carbons (Fsp3) is 0.182. The minimum atomic E-state index is -3.22. The number of sulfone groups is 1. The van der Waals surface area contributed by atoms with Gasteiger partial charge in [-0.3, -0.25) is 15.0 Å². The smallest absolute Gasteiger partial charge is 0.269 e. The summed E-state index contributed by atoms with van der Waals surface area (Å²) >= 11 is 0. The highest BCUT2D eigenvalue weighted by atomic mass is 32.2. The van der Waals surface area contributed by atoms with E-state index in [1.165, 1.54) is 12.1 Å². The Balaban J connectivity index is 2.50. The topological polar surface area (TPSA) is 109 Å². The Hall–Kier alpha value is -1.86. The maximum atomic E-state index is 11.4. The van der Waals surface area contributed by atoms with Crippen LogP contribution in [0.5, 0.6) is 0 Å². The van der Waals surface area contributed by atoms with E-state index in [4.69, 9.17) is 5.73 Å². The molecule has 0 aliphatic rings. The number of rotatable bonds is 3. The van der Waals surface area contributed by atoms with Crippen LogP contribution in [0.3, 0.4) is 0 Å². The number of H-pyrrole nitrogens is 2. The molecule has 0 unspecified atom stereocenters. The molecule has 0 saturated heterocycles. The summed E-state index contributed by atoms with van der Waals surface area (Å²) in [5.41, 5.74) is 6.97. The van der Waals surface area contributed by atoms with Gasteiger partial charge in [-0.2, -0.15) is 0 Å². The van der Waals surface area contributed by atoms with Crippen molar-refractivity contribution in [2.24, 2.45) is 5.73 Å². The molecule has 1 heterocycles. The molecule has 7 heteroatoms. The number of benzene rings is 1. The summed E-state index contributed by atoms with van der Waals surface area (Å²) in [4.78, 5) is 11.6. The lowest BCUT2D eigenvalue weighted by atomic mass is 10.1. The van der Waals surface area contributed by atoms with Gasteiger partial charge in [0.2, 0.25) is 0 Å². The van der Waals surface area contributed by atoms with Gasteiger partial charge in [0.25, 0.3) is 5.56 Å². The molecule has 0 amide bonds. The third-order valence-electron chi connectivity index (χ3n) is 2.65. The number of nitrogens with one attached hydrogen (secondary N) is 2. The first kappa shape index (κ1) is 12.6. The summed E-state index contributed by atoms with van der Waals surface area (Å²) in [5, 5.41) is 5.19. The van der Waals surface area contributed by atoms with Crippen molar-refractivity contribution in [3.05, 3.63) is 40.2 Å². The van der Waals surface area contributed by atoms with E-state index in [2.05, 4.69) is 10.2 Å². The van der Waals surface area contributed by atoms with E-state index in [0.29, 0.717) is 16.8 Å². The van der Waals surface area contributed by atoms with Crippen molar-refractivity contribution in [1.29, 1.82) is 0 Å². The molecule has 4 N–H and O–H groups in total. The van der Waals surface area contributed by atoms with Crippen LogP contribution < -0.4 is 11.3 Å². The second-order valence-corrected chi connectivity index (χ2v) is 5.95. The number of nitrogens with two attached hydrogens (primary N) is 1. The van der Waals surface area contributed by atoms with Crippen molar-refractivity contribution in [2.75, 3.05) is 6.26 Å². The molecule has 0 bridgehead atoms. The van der Waals surface area contributed by atoms with Gasteiger partial charge in [0.15, 0.2) is 9.84 Å². The average Bonchev–Trinajstić information content (AvgIpc) is 2.69. The van der Waals surface area contributed by atoms with E-state index in [1.807, 2.05) is 0 Å². The summed E-state index contributed by atoms with van der Waals surface area (Å²) in [6.45, 7) is 0.113. The lowest BCUT2D eigenvalue weighted by molar-refractivity contribution is 0.602. The number of hydrogen-bond donors (Lipinski definition) is 3. The van der Waals surface area contributed by atoms with Gasteiger partial charge in [-0.05, 0) is 12.1 Å². The maximum Gasteiger partial charge on any atom is 0.269 e. The molecule has 1 aromatic heterocycles. The molecular weight excluding hydrogens is 254 g/mol. The highest BCUT2D eigenvalue weighted by molar-refractivity contribution is 7.90. The standard InChI is InChI=1S/C11H13N3O3S/c1-18(16,17)8-4-2-7(3-5-8)10-9(6-12)11(15)14-13-10/h2-5H,6,12H2,1H3,(H2,13,14,15). The van der Waals surface area contributed by atoms with E-state index in [0.717, 1.165) is 6.26 Å². The molecule has 6 nitrogen and oxygen atoms in total. The molecule has 96 valence electrons. The van der Waals surface area contributed by atoms with Gasteiger partial charge in [0.1, 0.15) is 0 Å². The van der Waals surface area contributed by atoms with Crippen LogP contribution in [0, 0.1) is 0 Å². The van der Waals surface area contributed by atoms with Crippen LogP contribution in [0.15, 0.2) is 34.0 Å². The molecule has 18 heavy (non-hydrogen) atoms. The van der Waals surface area contributed by atoms with Gasteiger partial charge < -0.3 is 5.73 Å². The summed E-state index contributed by atoms with van der Waals surface area (Å²) in [6, 6.07) is 6.26.